The molecule has 9 heteroatoms. The second-order valence-corrected chi connectivity index (χ2v) is 11.1. The lowest BCUT2D eigenvalue weighted by molar-refractivity contribution is -0.134. The fraction of sp³-hybridized carbons (Fsp3) is 0.412. The second kappa shape index (κ2) is 14.3. The maximum Gasteiger partial charge on any atom is 0.262 e. The Balaban J connectivity index is 1.40. The summed E-state index contributed by atoms with van der Waals surface area (Å²) in [5.41, 5.74) is 4.06. The normalized spacial score (nSPS) is 13.9. The Bertz CT molecular complexity index is 1440. The zero-order chi connectivity index (χ0) is 31.0. The Morgan fingerprint density at radius 3 is 2.28 bits per heavy atom. The van der Waals surface area contributed by atoms with Gasteiger partial charge in [0.15, 0.2) is 11.5 Å². The van der Waals surface area contributed by atoms with E-state index in [1.54, 1.807) is 21.3 Å². The molecular weight excluding hydrogens is 544 g/mol. The van der Waals surface area contributed by atoms with Gasteiger partial charge in [-0.2, -0.15) is 0 Å². The molecule has 0 bridgehead atoms. The third-order valence-electron chi connectivity index (χ3n) is 8.04. The maximum atomic E-state index is 13.9. The van der Waals surface area contributed by atoms with E-state index in [4.69, 9.17) is 14.2 Å². The summed E-state index contributed by atoms with van der Waals surface area (Å²) in [6.07, 6.45) is 2.51. The Hall–Kier alpha value is -4.24. The van der Waals surface area contributed by atoms with Gasteiger partial charge in [0.25, 0.3) is 5.91 Å². The van der Waals surface area contributed by atoms with Crippen molar-refractivity contribution in [1.29, 1.82) is 0 Å². The van der Waals surface area contributed by atoms with Gasteiger partial charge >= 0.3 is 0 Å². The molecule has 0 spiro atoms. The highest BCUT2D eigenvalue weighted by molar-refractivity contribution is 6.16. The molecule has 0 aromatic heterocycles. The summed E-state index contributed by atoms with van der Waals surface area (Å²) in [7, 11) is 6.74. The van der Waals surface area contributed by atoms with Crippen LogP contribution in [0.15, 0.2) is 54.6 Å². The highest BCUT2D eigenvalue weighted by Gasteiger charge is 2.45. The first-order chi connectivity index (χ1) is 20.8. The Morgan fingerprint density at radius 2 is 1.56 bits per heavy atom. The van der Waals surface area contributed by atoms with E-state index in [1.165, 1.54) is 10.5 Å². The first-order valence-electron chi connectivity index (χ1n) is 14.8. The molecule has 3 aromatic carbocycles. The van der Waals surface area contributed by atoms with Gasteiger partial charge < -0.3 is 30.2 Å². The molecule has 0 saturated carbocycles. The van der Waals surface area contributed by atoms with Crippen molar-refractivity contribution in [2.24, 2.45) is 0 Å². The van der Waals surface area contributed by atoms with Crippen LogP contribution in [-0.4, -0.2) is 64.7 Å². The number of hydrogen-bond donors (Lipinski definition) is 3. The van der Waals surface area contributed by atoms with Crippen molar-refractivity contribution in [3.63, 3.8) is 0 Å². The van der Waals surface area contributed by atoms with E-state index in [9.17, 15) is 9.59 Å². The van der Waals surface area contributed by atoms with E-state index in [2.05, 4.69) is 16.0 Å². The number of aryl methyl sites for hydroxylation is 1. The number of anilines is 2. The highest BCUT2D eigenvalue weighted by atomic mass is 16.5. The highest BCUT2D eigenvalue weighted by Crippen LogP contribution is 2.41. The molecule has 3 aromatic rings. The van der Waals surface area contributed by atoms with Crippen LogP contribution in [0, 0.1) is 0 Å². The predicted octanol–water partition coefficient (Wildman–Crippen LogP) is 5.24. The number of para-hydroxylation sites is 1. The Labute approximate surface area is 254 Å². The summed E-state index contributed by atoms with van der Waals surface area (Å²) in [6, 6.07) is 17.6. The van der Waals surface area contributed by atoms with Crippen LogP contribution in [-0.2, 0) is 23.2 Å². The van der Waals surface area contributed by atoms with Gasteiger partial charge in [0.2, 0.25) is 5.91 Å². The number of amides is 2. The number of ether oxygens (including phenoxy) is 3. The van der Waals surface area contributed by atoms with Crippen molar-refractivity contribution in [2.45, 2.75) is 45.1 Å². The Morgan fingerprint density at radius 1 is 0.837 bits per heavy atom. The zero-order valence-corrected chi connectivity index (χ0v) is 26.1. The molecule has 4 rings (SSSR count). The third kappa shape index (κ3) is 6.88. The van der Waals surface area contributed by atoms with Crippen LogP contribution in [0.1, 0.15) is 53.7 Å². The van der Waals surface area contributed by atoms with Gasteiger partial charge in [-0.1, -0.05) is 30.3 Å². The molecule has 0 aliphatic carbocycles. The molecule has 0 unspecified atom stereocenters. The number of carbonyl (C=O) groups excluding carboxylic acids is 2. The topological polar surface area (TPSA) is 101 Å². The molecule has 3 N–H and O–H groups in total. The molecule has 0 saturated heterocycles. The molecule has 1 aliphatic rings. The first-order valence-corrected chi connectivity index (χ1v) is 14.8. The van der Waals surface area contributed by atoms with E-state index in [0.29, 0.717) is 37.3 Å². The SMILES string of the molecule is CNc1ccc2c(c1NCc1ccccc1OC)C(=O)N(CCCNCCCc1ccc(OC)c(OC)c1)C(=O)C2(C)C. The summed E-state index contributed by atoms with van der Waals surface area (Å²) in [5, 5.41) is 10.1. The lowest BCUT2D eigenvalue weighted by Crippen LogP contribution is -2.52. The lowest BCUT2D eigenvalue weighted by atomic mass is 9.76. The molecule has 0 radical (unpaired) electrons. The van der Waals surface area contributed by atoms with Gasteiger partial charge in [-0.3, -0.25) is 14.5 Å². The smallest absolute Gasteiger partial charge is 0.262 e. The first kappa shape index (κ1) is 31.7. The van der Waals surface area contributed by atoms with E-state index in [0.717, 1.165) is 53.4 Å². The monoisotopic (exact) mass is 588 g/mol. The number of benzene rings is 3. The van der Waals surface area contributed by atoms with Crippen LogP contribution in [0.5, 0.6) is 17.2 Å². The van der Waals surface area contributed by atoms with Crippen molar-refractivity contribution in [3.05, 3.63) is 76.9 Å². The van der Waals surface area contributed by atoms with E-state index in [1.807, 2.05) is 75.5 Å². The molecule has 1 aliphatic heterocycles. The van der Waals surface area contributed by atoms with Crippen LogP contribution in [0.4, 0.5) is 11.4 Å². The predicted molar refractivity (Wildman–Crippen MR) is 171 cm³/mol. The van der Waals surface area contributed by atoms with Gasteiger partial charge in [0.05, 0.1) is 43.7 Å². The lowest BCUT2D eigenvalue weighted by Gasteiger charge is -2.39. The number of nitrogens with zero attached hydrogens (tertiary/aromatic N) is 1. The minimum absolute atomic E-state index is 0.175. The van der Waals surface area contributed by atoms with Crippen LogP contribution >= 0.6 is 0 Å². The quantitative estimate of drug-likeness (QED) is 0.164. The van der Waals surface area contributed by atoms with Gasteiger partial charge in [-0.05, 0) is 81.6 Å². The molecule has 0 fully saturated rings. The van der Waals surface area contributed by atoms with Gasteiger partial charge in [-0.15, -0.1) is 0 Å². The number of imide groups is 1. The van der Waals surface area contributed by atoms with Crippen molar-refractivity contribution < 1.29 is 23.8 Å². The number of methoxy groups -OCH3 is 3. The second-order valence-electron chi connectivity index (χ2n) is 11.1. The fourth-order valence-corrected chi connectivity index (χ4v) is 5.59. The molecule has 9 nitrogen and oxygen atoms in total. The van der Waals surface area contributed by atoms with Gasteiger partial charge in [0, 0.05) is 25.7 Å². The van der Waals surface area contributed by atoms with Crippen LogP contribution in [0.2, 0.25) is 0 Å². The minimum Gasteiger partial charge on any atom is -0.496 e. The Kier molecular flexibility index (Phi) is 10.5. The summed E-state index contributed by atoms with van der Waals surface area (Å²) in [4.78, 5) is 28.9. The van der Waals surface area contributed by atoms with Crippen LogP contribution < -0.4 is 30.2 Å². The van der Waals surface area contributed by atoms with Crippen molar-refractivity contribution in [1.82, 2.24) is 10.2 Å². The van der Waals surface area contributed by atoms with Crippen molar-refractivity contribution >= 4 is 23.2 Å². The number of hydrogen-bond acceptors (Lipinski definition) is 8. The fourth-order valence-electron chi connectivity index (χ4n) is 5.59. The molecular formula is C34H44N4O5. The summed E-state index contributed by atoms with van der Waals surface area (Å²) < 4.78 is 16.2. The van der Waals surface area contributed by atoms with Gasteiger partial charge in [-0.25, -0.2) is 0 Å². The van der Waals surface area contributed by atoms with Gasteiger partial charge in [0.1, 0.15) is 5.75 Å². The van der Waals surface area contributed by atoms with Crippen LogP contribution in [0.25, 0.3) is 0 Å². The molecule has 43 heavy (non-hydrogen) atoms. The number of nitrogens with one attached hydrogen (secondary N) is 3. The molecule has 0 atom stereocenters. The third-order valence-corrected chi connectivity index (χ3v) is 8.04. The van der Waals surface area contributed by atoms with Crippen LogP contribution in [0.3, 0.4) is 0 Å². The molecule has 2 amide bonds. The summed E-state index contributed by atoms with van der Waals surface area (Å²) in [6.45, 7) is 6.12. The van der Waals surface area contributed by atoms with E-state index < -0.39 is 5.41 Å². The molecule has 230 valence electrons. The number of carbonyl (C=O) groups is 2. The average molecular weight is 589 g/mol. The number of rotatable bonds is 15. The minimum atomic E-state index is -0.844. The zero-order valence-electron chi connectivity index (χ0n) is 26.1. The van der Waals surface area contributed by atoms with Crippen molar-refractivity contribution in [3.8, 4) is 17.2 Å². The maximum absolute atomic E-state index is 13.9. The summed E-state index contributed by atoms with van der Waals surface area (Å²) in [5.74, 6) is 1.77. The largest absolute Gasteiger partial charge is 0.496 e. The van der Waals surface area contributed by atoms with E-state index in [-0.39, 0.29) is 11.8 Å². The van der Waals surface area contributed by atoms with E-state index >= 15 is 0 Å². The standard InChI is InChI=1S/C34H44N4O5/c1-34(2)25-15-16-26(35-3)31(37-22-24-12-7-8-13-27(24)41-4)30(25)32(39)38(33(34)40)20-10-19-36-18-9-11-23-14-17-28(42-5)29(21-23)43-6/h7-8,12-17,21,35-37H,9-11,18-20,22H2,1-6H3. The summed E-state index contributed by atoms with van der Waals surface area (Å²) >= 11 is 0. The number of fused-ring (bicyclic) bond motifs is 1. The van der Waals surface area contributed by atoms with Crippen molar-refractivity contribution in [2.75, 3.05) is 58.6 Å². The average Bonchev–Trinajstić information content (AvgIpc) is 3.03. The molecule has 1 heterocycles.